The smallest absolute Gasteiger partial charge is 0.119 e. The Morgan fingerprint density at radius 2 is 2.07 bits per heavy atom. The minimum absolute atomic E-state index is 0.357. The number of nitrogens with zero attached hydrogens (tertiary/aromatic N) is 1. The van der Waals surface area contributed by atoms with Crippen molar-refractivity contribution in [2.24, 2.45) is 0 Å². The van der Waals surface area contributed by atoms with E-state index in [9.17, 15) is 0 Å². The van der Waals surface area contributed by atoms with Gasteiger partial charge >= 0.3 is 0 Å². The molecule has 1 aromatic rings. The molecule has 0 spiro atoms. The van der Waals surface area contributed by atoms with Crippen LogP contribution in [-0.4, -0.2) is 38.2 Å². The summed E-state index contributed by atoms with van der Waals surface area (Å²) in [4.78, 5) is 2.30. The normalized spacial score (nSPS) is 21.6. The van der Waals surface area contributed by atoms with Crippen molar-refractivity contribution in [2.75, 3.05) is 32.5 Å². The quantitative estimate of drug-likeness (QED) is 0.816. The summed E-state index contributed by atoms with van der Waals surface area (Å²) >= 11 is 0. The second-order valence-corrected chi connectivity index (χ2v) is 4.07. The van der Waals surface area contributed by atoms with E-state index < -0.39 is 0 Å². The van der Waals surface area contributed by atoms with E-state index in [4.69, 9.17) is 4.74 Å². The number of hydrogen-bond acceptors (Lipinski definition) is 3. The van der Waals surface area contributed by atoms with Crippen molar-refractivity contribution in [1.82, 2.24) is 4.90 Å². The summed E-state index contributed by atoms with van der Waals surface area (Å²) in [5, 5.41) is 3.09. The molecule has 0 amide bonds. The van der Waals surface area contributed by atoms with Crippen LogP contribution in [0.15, 0.2) is 24.3 Å². The molecule has 0 radical (unpaired) electrons. The van der Waals surface area contributed by atoms with E-state index in [0.29, 0.717) is 6.10 Å². The number of rotatable bonds is 3. The fraction of sp³-hybridized carbons (Fsp3) is 0.500. The van der Waals surface area contributed by atoms with Crippen molar-refractivity contribution in [3.63, 3.8) is 0 Å². The van der Waals surface area contributed by atoms with Crippen molar-refractivity contribution < 1.29 is 4.74 Å². The zero-order chi connectivity index (χ0) is 10.7. The maximum atomic E-state index is 5.88. The molecule has 0 aromatic heterocycles. The molecule has 0 aliphatic carbocycles. The van der Waals surface area contributed by atoms with Crippen LogP contribution in [-0.2, 0) is 0 Å². The van der Waals surface area contributed by atoms with Crippen LogP contribution in [0, 0.1) is 0 Å². The van der Waals surface area contributed by atoms with E-state index in [1.54, 1.807) is 0 Å². The lowest BCUT2D eigenvalue weighted by Gasteiger charge is -2.13. The zero-order valence-corrected chi connectivity index (χ0v) is 9.36. The van der Waals surface area contributed by atoms with Crippen LogP contribution in [0.3, 0.4) is 0 Å². The predicted molar refractivity (Wildman–Crippen MR) is 62.5 cm³/mol. The van der Waals surface area contributed by atoms with E-state index in [1.165, 1.54) is 0 Å². The van der Waals surface area contributed by atoms with Crippen LogP contribution in [0.25, 0.3) is 0 Å². The van der Waals surface area contributed by atoms with E-state index >= 15 is 0 Å². The molecule has 3 heteroatoms. The number of benzene rings is 1. The first kappa shape index (κ1) is 10.3. The van der Waals surface area contributed by atoms with Crippen LogP contribution in [0.4, 0.5) is 5.69 Å². The van der Waals surface area contributed by atoms with E-state index in [2.05, 4.69) is 17.3 Å². The molecule has 1 aromatic carbocycles. The van der Waals surface area contributed by atoms with Gasteiger partial charge in [0.15, 0.2) is 0 Å². The summed E-state index contributed by atoms with van der Waals surface area (Å²) in [6.07, 6.45) is 1.49. The van der Waals surface area contributed by atoms with E-state index in [0.717, 1.165) is 30.9 Å². The number of anilines is 1. The molecule has 1 atom stereocenters. The summed E-state index contributed by atoms with van der Waals surface area (Å²) in [6, 6.07) is 8.11. The third-order valence-electron chi connectivity index (χ3n) is 2.79. The number of hydrogen-bond donors (Lipinski definition) is 1. The van der Waals surface area contributed by atoms with Gasteiger partial charge in [-0.3, -0.25) is 0 Å². The van der Waals surface area contributed by atoms with Gasteiger partial charge in [0.05, 0.1) is 0 Å². The molecule has 2 rings (SSSR count). The highest BCUT2D eigenvalue weighted by Gasteiger charge is 2.20. The van der Waals surface area contributed by atoms with Crippen LogP contribution >= 0.6 is 0 Å². The van der Waals surface area contributed by atoms with Crippen molar-refractivity contribution in [3.8, 4) is 5.75 Å². The van der Waals surface area contributed by atoms with Gasteiger partial charge in [0, 0.05) is 25.8 Å². The van der Waals surface area contributed by atoms with Gasteiger partial charge in [-0.15, -0.1) is 0 Å². The molecule has 1 N–H and O–H groups in total. The molecule has 1 aliphatic rings. The number of likely N-dealkylation sites (N-methyl/N-ethyl adjacent to an activating group) is 1. The molecule has 82 valence electrons. The average molecular weight is 206 g/mol. The van der Waals surface area contributed by atoms with Gasteiger partial charge < -0.3 is 15.0 Å². The first-order chi connectivity index (χ1) is 7.28. The topological polar surface area (TPSA) is 24.5 Å². The van der Waals surface area contributed by atoms with Crippen LogP contribution in [0.2, 0.25) is 0 Å². The van der Waals surface area contributed by atoms with Gasteiger partial charge in [0.1, 0.15) is 11.9 Å². The van der Waals surface area contributed by atoms with Crippen LogP contribution < -0.4 is 10.1 Å². The summed E-state index contributed by atoms with van der Waals surface area (Å²) in [6.45, 7) is 2.17. The Morgan fingerprint density at radius 3 is 2.60 bits per heavy atom. The van der Waals surface area contributed by atoms with Crippen molar-refractivity contribution in [1.29, 1.82) is 0 Å². The SMILES string of the molecule is CNc1ccc(OC2CCN(C)C2)cc1. The lowest BCUT2D eigenvalue weighted by Crippen LogP contribution is -2.21. The first-order valence-electron chi connectivity index (χ1n) is 5.41. The third kappa shape index (κ3) is 2.63. The third-order valence-corrected chi connectivity index (χ3v) is 2.79. The molecule has 0 bridgehead atoms. The summed E-state index contributed by atoms with van der Waals surface area (Å²) < 4.78 is 5.88. The standard InChI is InChI=1S/C12H18N2O/c1-13-10-3-5-11(6-4-10)15-12-7-8-14(2)9-12/h3-6,12-13H,7-9H2,1-2H3. The Balaban J connectivity index is 1.93. The maximum Gasteiger partial charge on any atom is 0.119 e. The van der Waals surface area contributed by atoms with Gasteiger partial charge in [0.2, 0.25) is 0 Å². The van der Waals surface area contributed by atoms with Gasteiger partial charge in [-0.05, 0) is 37.7 Å². The molecule has 3 nitrogen and oxygen atoms in total. The highest BCUT2D eigenvalue weighted by Crippen LogP contribution is 2.19. The Morgan fingerprint density at radius 1 is 1.33 bits per heavy atom. The van der Waals surface area contributed by atoms with Crippen molar-refractivity contribution >= 4 is 5.69 Å². The second-order valence-electron chi connectivity index (χ2n) is 4.07. The predicted octanol–water partition coefficient (Wildman–Crippen LogP) is 1.81. The fourth-order valence-electron chi connectivity index (χ4n) is 1.88. The second kappa shape index (κ2) is 4.53. The van der Waals surface area contributed by atoms with E-state index in [-0.39, 0.29) is 0 Å². The lowest BCUT2D eigenvalue weighted by molar-refractivity contribution is 0.208. The molecule has 0 saturated carbocycles. The van der Waals surface area contributed by atoms with Gasteiger partial charge in [-0.2, -0.15) is 0 Å². The molecule has 15 heavy (non-hydrogen) atoms. The first-order valence-corrected chi connectivity index (χ1v) is 5.41. The Kier molecular flexibility index (Phi) is 3.11. The minimum Gasteiger partial charge on any atom is -0.489 e. The van der Waals surface area contributed by atoms with Gasteiger partial charge in [0.25, 0.3) is 0 Å². The van der Waals surface area contributed by atoms with Crippen molar-refractivity contribution in [3.05, 3.63) is 24.3 Å². The van der Waals surface area contributed by atoms with Crippen LogP contribution in [0.5, 0.6) is 5.75 Å². The molecule has 1 unspecified atom stereocenters. The van der Waals surface area contributed by atoms with Crippen LogP contribution in [0.1, 0.15) is 6.42 Å². The molecule has 1 fully saturated rings. The molecular weight excluding hydrogens is 188 g/mol. The number of likely N-dealkylation sites (tertiary alicyclic amines) is 1. The monoisotopic (exact) mass is 206 g/mol. The molecule has 1 saturated heterocycles. The lowest BCUT2D eigenvalue weighted by atomic mass is 10.3. The van der Waals surface area contributed by atoms with Gasteiger partial charge in [-0.25, -0.2) is 0 Å². The number of nitrogens with one attached hydrogen (secondary N) is 1. The highest BCUT2D eigenvalue weighted by atomic mass is 16.5. The summed E-state index contributed by atoms with van der Waals surface area (Å²) in [5.41, 5.74) is 1.12. The van der Waals surface area contributed by atoms with Gasteiger partial charge in [-0.1, -0.05) is 0 Å². The minimum atomic E-state index is 0.357. The Hall–Kier alpha value is -1.22. The van der Waals surface area contributed by atoms with E-state index in [1.807, 2.05) is 31.3 Å². The Labute approximate surface area is 91.0 Å². The van der Waals surface area contributed by atoms with Crippen molar-refractivity contribution in [2.45, 2.75) is 12.5 Å². The molecular formula is C12H18N2O. The number of ether oxygens (including phenoxy) is 1. The largest absolute Gasteiger partial charge is 0.489 e. The highest BCUT2D eigenvalue weighted by molar-refractivity contribution is 5.45. The summed E-state index contributed by atoms with van der Waals surface area (Å²) in [5.74, 6) is 0.967. The average Bonchev–Trinajstić information content (AvgIpc) is 2.65. The Bertz CT molecular complexity index is 310. The fourth-order valence-corrected chi connectivity index (χ4v) is 1.88. The molecule has 1 heterocycles. The summed E-state index contributed by atoms with van der Waals surface area (Å²) in [7, 11) is 4.05. The molecule has 1 aliphatic heterocycles. The zero-order valence-electron chi connectivity index (χ0n) is 9.36. The maximum absolute atomic E-state index is 5.88.